The predicted octanol–water partition coefficient (Wildman–Crippen LogP) is 3.62. The van der Waals surface area contributed by atoms with E-state index in [9.17, 15) is 0 Å². The number of nitrogens with zero attached hydrogens (tertiary/aromatic N) is 2. The Morgan fingerprint density at radius 1 is 1.10 bits per heavy atom. The topological polar surface area (TPSA) is 39.1 Å². The van der Waals surface area contributed by atoms with E-state index in [0.29, 0.717) is 0 Å². The van der Waals surface area contributed by atoms with Gasteiger partial charge in [0, 0.05) is 25.3 Å². The summed E-state index contributed by atoms with van der Waals surface area (Å²) in [6.07, 6.45) is 2.02. The van der Waals surface area contributed by atoms with Crippen molar-refractivity contribution in [3.63, 3.8) is 0 Å². The van der Waals surface area contributed by atoms with Gasteiger partial charge >= 0.3 is 0 Å². The van der Waals surface area contributed by atoms with Gasteiger partial charge in [-0.2, -0.15) is 5.10 Å². The molecule has 2 aromatic rings. The Hall–Kier alpha value is -1.81. The monoisotopic (exact) mass is 287 g/mol. The van der Waals surface area contributed by atoms with Gasteiger partial charge in [0.2, 0.25) is 0 Å². The van der Waals surface area contributed by atoms with Crippen LogP contribution in [0.4, 0.5) is 0 Å². The first-order chi connectivity index (χ1) is 9.97. The largest absolute Gasteiger partial charge is 0.491 e. The number of benzene rings is 1. The Bertz CT molecular complexity index is 577. The second kappa shape index (κ2) is 6.76. The highest BCUT2D eigenvalue weighted by atomic mass is 16.5. The van der Waals surface area contributed by atoms with Crippen molar-refractivity contribution in [1.29, 1.82) is 0 Å². The van der Waals surface area contributed by atoms with Crippen LogP contribution in [0.25, 0.3) is 0 Å². The minimum absolute atomic E-state index is 0.192. The zero-order valence-electron chi connectivity index (χ0n) is 13.5. The average molecular weight is 287 g/mol. The maximum Gasteiger partial charge on any atom is 0.120 e. The zero-order valence-corrected chi connectivity index (χ0v) is 13.5. The van der Waals surface area contributed by atoms with Crippen LogP contribution in [-0.4, -0.2) is 15.9 Å². The van der Waals surface area contributed by atoms with E-state index in [1.807, 2.05) is 50.0 Å². The van der Waals surface area contributed by atoms with Crippen LogP contribution in [0, 0.1) is 0 Å². The molecule has 0 saturated carbocycles. The van der Waals surface area contributed by atoms with E-state index in [0.717, 1.165) is 5.75 Å². The van der Waals surface area contributed by atoms with Gasteiger partial charge in [0.25, 0.3) is 0 Å². The Balaban J connectivity index is 2.06. The van der Waals surface area contributed by atoms with Crippen molar-refractivity contribution in [2.45, 2.75) is 45.9 Å². The van der Waals surface area contributed by atoms with Gasteiger partial charge in [-0.3, -0.25) is 4.68 Å². The van der Waals surface area contributed by atoms with Crippen LogP contribution in [0.5, 0.6) is 5.75 Å². The number of hydrogen-bond donors (Lipinski definition) is 1. The van der Waals surface area contributed by atoms with Crippen molar-refractivity contribution in [1.82, 2.24) is 15.1 Å². The van der Waals surface area contributed by atoms with Crippen LogP contribution >= 0.6 is 0 Å². The molecule has 0 aliphatic rings. The lowest BCUT2D eigenvalue weighted by atomic mass is 10.1. The van der Waals surface area contributed by atoms with Crippen LogP contribution < -0.4 is 10.1 Å². The zero-order chi connectivity index (χ0) is 15.4. The first-order valence-corrected chi connectivity index (χ1v) is 7.48. The summed E-state index contributed by atoms with van der Waals surface area (Å²) in [7, 11) is 1.97. The highest BCUT2D eigenvalue weighted by Crippen LogP contribution is 2.23. The van der Waals surface area contributed by atoms with Gasteiger partial charge in [-0.1, -0.05) is 12.1 Å². The number of ether oxygens (including phenoxy) is 1. The van der Waals surface area contributed by atoms with E-state index < -0.39 is 0 Å². The standard InChI is InChI=1S/C17H25N3O/c1-12(2)21-16-8-6-7-15(11-16)13(3)19-14(4)17-9-10-18-20(17)5/h6-14,19H,1-5H3. The van der Waals surface area contributed by atoms with E-state index >= 15 is 0 Å². The summed E-state index contributed by atoms with van der Waals surface area (Å²) in [6, 6.07) is 10.8. The van der Waals surface area contributed by atoms with E-state index in [4.69, 9.17) is 4.74 Å². The normalized spacial score (nSPS) is 14.2. The lowest BCUT2D eigenvalue weighted by Gasteiger charge is -2.21. The minimum Gasteiger partial charge on any atom is -0.491 e. The molecule has 0 fully saturated rings. The molecule has 2 atom stereocenters. The molecule has 4 nitrogen and oxygen atoms in total. The van der Waals surface area contributed by atoms with Crippen LogP contribution in [-0.2, 0) is 7.05 Å². The maximum absolute atomic E-state index is 5.76. The molecule has 0 amide bonds. The van der Waals surface area contributed by atoms with Crippen molar-refractivity contribution in [2.24, 2.45) is 7.05 Å². The molecule has 1 N–H and O–H groups in total. The van der Waals surface area contributed by atoms with Crippen LogP contribution in [0.15, 0.2) is 36.5 Å². The van der Waals surface area contributed by atoms with Crippen molar-refractivity contribution in [2.75, 3.05) is 0 Å². The molecule has 1 aromatic heterocycles. The third-order valence-electron chi connectivity index (χ3n) is 3.53. The molecule has 2 rings (SSSR count). The fraction of sp³-hybridized carbons (Fsp3) is 0.471. The number of nitrogens with one attached hydrogen (secondary N) is 1. The number of hydrogen-bond acceptors (Lipinski definition) is 3. The minimum atomic E-state index is 0.192. The van der Waals surface area contributed by atoms with Gasteiger partial charge in [-0.15, -0.1) is 0 Å². The van der Waals surface area contributed by atoms with Gasteiger partial charge in [-0.25, -0.2) is 0 Å². The SMILES string of the molecule is CC(C)Oc1cccc(C(C)NC(C)c2ccnn2C)c1. The lowest BCUT2D eigenvalue weighted by molar-refractivity contribution is 0.242. The molecule has 114 valence electrons. The van der Waals surface area contributed by atoms with Gasteiger partial charge in [0.1, 0.15) is 5.75 Å². The van der Waals surface area contributed by atoms with Gasteiger partial charge < -0.3 is 10.1 Å². The molecule has 0 saturated heterocycles. The summed E-state index contributed by atoms with van der Waals surface area (Å²) in [5.74, 6) is 0.921. The van der Waals surface area contributed by atoms with Crippen molar-refractivity contribution in [3.05, 3.63) is 47.8 Å². The Labute approximate surface area is 127 Å². The van der Waals surface area contributed by atoms with Crippen molar-refractivity contribution in [3.8, 4) is 5.75 Å². The molecule has 1 heterocycles. The second-order valence-electron chi connectivity index (χ2n) is 5.73. The molecule has 0 radical (unpaired) electrons. The van der Waals surface area contributed by atoms with Crippen LogP contribution in [0.3, 0.4) is 0 Å². The highest BCUT2D eigenvalue weighted by Gasteiger charge is 2.14. The summed E-state index contributed by atoms with van der Waals surface area (Å²) in [5.41, 5.74) is 2.40. The summed E-state index contributed by atoms with van der Waals surface area (Å²) >= 11 is 0. The van der Waals surface area contributed by atoms with E-state index in [1.165, 1.54) is 11.3 Å². The van der Waals surface area contributed by atoms with Crippen molar-refractivity contribution >= 4 is 0 Å². The molecule has 0 aliphatic carbocycles. The smallest absolute Gasteiger partial charge is 0.120 e. The quantitative estimate of drug-likeness (QED) is 0.882. The van der Waals surface area contributed by atoms with Crippen molar-refractivity contribution < 1.29 is 4.74 Å². The van der Waals surface area contributed by atoms with E-state index in [1.54, 1.807) is 0 Å². The number of aromatic nitrogens is 2. The summed E-state index contributed by atoms with van der Waals surface area (Å²) < 4.78 is 7.66. The average Bonchev–Trinajstić information content (AvgIpc) is 2.84. The summed E-state index contributed by atoms with van der Waals surface area (Å²) in [4.78, 5) is 0. The summed E-state index contributed by atoms with van der Waals surface area (Å²) in [5, 5.41) is 7.82. The molecule has 0 spiro atoms. The Kier molecular flexibility index (Phi) is 5.02. The van der Waals surface area contributed by atoms with Gasteiger partial charge in [0.15, 0.2) is 0 Å². The highest BCUT2D eigenvalue weighted by molar-refractivity contribution is 5.30. The molecular weight excluding hydrogens is 262 g/mol. The first kappa shape index (κ1) is 15.6. The molecule has 4 heteroatoms. The Morgan fingerprint density at radius 2 is 1.86 bits per heavy atom. The molecule has 0 bridgehead atoms. The van der Waals surface area contributed by atoms with Gasteiger partial charge in [-0.05, 0) is 51.5 Å². The molecule has 2 unspecified atom stereocenters. The van der Waals surface area contributed by atoms with Crippen LogP contribution in [0.2, 0.25) is 0 Å². The summed E-state index contributed by atoms with van der Waals surface area (Å²) in [6.45, 7) is 8.40. The van der Waals surface area contributed by atoms with E-state index in [-0.39, 0.29) is 18.2 Å². The maximum atomic E-state index is 5.76. The molecule has 1 aromatic carbocycles. The predicted molar refractivity (Wildman–Crippen MR) is 85.4 cm³/mol. The van der Waals surface area contributed by atoms with E-state index in [2.05, 4.69) is 36.4 Å². The van der Waals surface area contributed by atoms with Crippen LogP contribution in [0.1, 0.15) is 51.0 Å². The third kappa shape index (κ3) is 4.08. The Morgan fingerprint density at radius 3 is 2.48 bits per heavy atom. The third-order valence-corrected chi connectivity index (χ3v) is 3.53. The number of aryl methyl sites for hydroxylation is 1. The number of rotatable bonds is 6. The second-order valence-corrected chi connectivity index (χ2v) is 5.73. The lowest BCUT2D eigenvalue weighted by Crippen LogP contribution is -2.24. The molecule has 0 aliphatic heterocycles. The van der Waals surface area contributed by atoms with Gasteiger partial charge in [0.05, 0.1) is 11.8 Å². The first-order valence-electron chi connectivity index (χ1n) is 7.48. The fourth-order valence-electron chi connectivity index (χ4n) is 2.49. The fourth-order valence-corrected chi connectivity index (χ4v) is 2.49. The molecule has 21 heavy (non-hydrogen) atoms. The molecular formula is C17H25N3O.